The molecule has 0 aliphatic carbocycles. The van der Waals surface area contributed by atoms with Crippen molar-refractivity contribution in [3.63, 3.8) is 0 Å². The van der Waals surface area contributed by atoms with Crippen LogP contribution in [-0.2, 0) is 0 Å². The maximum Gasteiger partial charge on any atom is 0.322 e. The number of nitrogens with one attached hydrogen (secondary N) is 1. The molecule has 1 fully saturated rings. The van der Waals surface area contributed by atoms with Crippen molar-refractivity contribution >= 4 is 38.4 Å². The number of ether oxygens (including phenoxy) is 1. The minimum atomic E-state index is -0.437. The van der Waals surface area contributed by atoms with E-state index in [0.717, 1.165) is 21.1 Å². The van der Waals surface area contributed by atoms with Gasteiger partial charge in [0.15, 0.2) is 5.13 Å². The molecule has 1 saturated heterocycles. The van der Waals surface area contributed by atoms with Gasteiger partial charge in [-0.15, -0.1) is 0 Å². The number of hydrogen-bond acceptors (Lipinski definition) is 5. The Morgan fingerprint density at radius 3 is 2.64 bits per heavy atom. The zero-order chi connectivity index (χ0) is 19.7. The lowest BCUT2D eigenvalue weighted by Gasteiger charge is -2.34. The summed E-state index contributed by atoms with van der Waals surface area (Å²) in [6, 6.07) is 9.86. The summed E-state index contributed by atoms with van der Waals surface area (Å²) < 4.78 is 20.3. The molecule has 28 heavy (non-hydrogen) atoms. The lowest BCUT2D eigenvalue weighted by molar-refractivity contribution is 0.208. The molecule has 2 heterocycles. The first-order chi connectivity index (χ1) is 13.6. The summed E-state index contributed by atoms with van der Waals surface area (Å²) >= 11 is 1.64. The molecular weight excluding hydrogens is 379 g/mol. The lowest BCUT2D eigenvalue weighted by Crippen LogP contribution is -2.50. The SMILES string of the molecule is COc1ccc(C)c2sc(N3CCN(C(=O)Nc4ccccc4F)CC3)nc12. The number of hydrogen-bond donors (Lipinski definition) is 1. The standard InChI is InChI=1S/C20H21FN4O2S/c1-13-7-8-16(27-2)17-18(13)28-20(23-17)25-11-9-24(10-12-25)19(26)22-15-6-4-3-5-14(15)21/h3-8H,9-12H2,1-2H3,(H,22,26). The van der Waals surface area contributed by atoms with Crippen LogP contribution < -0.4 is 15.0 Å². The maximum atomic E-state index is 13.7. The summed E-state index contributed by atoms with van der Waals surface area (Å²) in [5.41, 5.74) is 2.24. The van der Waals surface area contributed by atoms with E-state index in [0.29, 0.717) is 26.2 Å². The van der Waals surface area contributed by atoms with E-state index in [4.69, 9.17) is 9.72 Å². The molecule has 0 radical (unpaired) electrons. The van der Waals surface area contributed by atoms with Crippen molar-refractivity contribution in [3.8, 4) is 5.75 Å². The van der Waals surface area contributed by atoms with Crippen LogP contribution in [0.4, 0.5) is 20.0 Å². The van der Waals surface area contributed by atoms with Crippen molar-refractivity contribution in [1.82, 2.24) is 9.88 Å². The van der Waals surface area contributed by atoms with Crippen molar-refractivity contribution in [2.24, 2.45) is 0 Å². The minimum Gasteiger partial charge on any atom is -0.494 e. The third-order valence-electron chi connectivity index (χ3n) is 4.86. The minimum absolute atomic E-state index is 0.198. The van der Waals surface area contributed by atoms with Gasteiger partial charge in [0.1, 0.15) is 17.1 Å². The molecule has 1 aliphatic rings. The van der Waals surface area contributed by atoms with Crippen molar-refractivity contribution in [3.05, 3.63) is 47.8 Å². The van der Waals surface area contributed by atoms with E-state index in [1.54, 1.807) is 41.5 Å². The first kappa shape index (κ1) is 18.5. The van der Waals surface area contributed by atoms with Crippen LogP contribution in [0.15, 0.2) is 36.4 Å². The van der Waals surface area contributed by atoms with Crippen LogP contribution in [0.2, 0.25) is 0 Å². The molecular formula is C20H21FN4O2S. The quantitative estimate of drug-likeness (QED) is 0.719. The van der Waals surface area contributed by atoms with Crippen molar-refractivity contribution in [1.29, 1.82) is 0 Å². The molecule has 0 unspecified atom stereocenters. The molecule has 4 rings (SSSR count). The van der Waals surface area contributed by atoms with E-state index in [-0.39, 0.29) is 11.7 Å². The Morgan fingerprint density at radius 2 is 1.93 bits per heavy atom. The highest BCUT2D eigenvalue weighted by atomic mass is 32.1. The summed E-state index contributed by atoms with van der Waals surface area (Å²) in [6.07, 6.45) is 0. The van der Waals surface area contributed by atoms with Gasteiger partial charge in [0.2, 0.25) is 0 Å². The van der Waals surface area contributed by atoms with Gasteiger partial charge >= 0.3 is 6.03 Å². The van der Waals surface area contributed by atoms with Gasteiger partial charge in [0.25, 0.3) is 0 Å². The third-order valence-corrected chi connectivity index (χ3v) is 6.12. The van der Waals surface area contributed by atoms with Crippen LogP contribution >= 0.6 is 11.3 Å². The number of methoxy groups -OCH3 is 1. The second-order valence-corrected chi connectivity index (χ2v) is 7.62. The number of carbonyl (C=O) groups is 1. The number of aryl methyl sites for hydroxylation is 1. The van der Waals surface area contributed by atoms with E-state index in [1.807, 2.05) is 12.1 Å². The normalized spacial score (nSPS) is 14.4. The Kier molecular flexibility index (Phi) is 5.04. The van der Waals surface area contributed by atoms with E-state index in [2.05, 4.69) is 17.1 Å². The molecule has 1 aromatic heterocycles. The monoisotopic (exact) mass is 400 g/mol. The number of nitrogens with zero attached hydrogens (tertiary/aromatic N) is 3. The zero-order valence-corrected chi connectivity index (χ0v) is 16.6. The van der Waals surface area contributed by atoms with Crippen molar-refractivity contribution in [2.45, 2.75) is 6.92 Å². The van der Waals surface area contributed by atoms with Crippen LogP contribution in [0.3, 0.4) is 0 Å². The number of carbonyl (C=O) groups excluding carboxylic acids is 1. The Labute approximate surface area is 166 Å². The topological polar surface area (TPSA) is 57.7 Å². The fraction of sp³-hybridized carbons (Fsp3) is 0.300. The van der Waals surface area contributed by atoms with Crippen molar-refractivity contribution < 1.29 is 13.9 Å². The first-order valence-corrected chi connectivity index (χ1v) is 9.88. The molecule has 0 saturated carbocycles. The number of anilines is 2. The number of urea groups is 1. The molecule has 2 aromatic carbocycles. The highest BCUT2D eigenvalue weighted by Gasteiger charge is 2.24. The number of halogens is 1. The number of benzene rings is 2. The number of thiazole rings is 1. The van der Waals surface area contributed by atoms with Gasteiger partial charge in [-0.1, -0.05) is 29.5 Å². The summed E-state index contributed by atoms with van der Waals surface area (Å²) in [5, 5.41) is 3.57. The van der Waals surface area contributed by atoms with Gasteiger partial charge in [0.05, 0.1) is 17.5 Å². The van der Waals surface area contributed by atoms with Gasteiger partial charge in [-0.25, -0.2) is 14.2 Å². The van der Waals surface area contributed by atoms with Crippen LogP contribution in [0.5, 0.6) is 5.75 Å². The van der Waals surface area contributed by atoms with Crippen LogP contribution in [0, 0.1) is 12.7 Å². The number of fused-ring (bicyclic) bond motifs is 1. The molecule has 0 bridgehead atoms. The van der Waals surface area contributed by atoms with Gasteiger partial charge in [-0.2, -0.15) is 0 Å². The maximum absolute atomic E-state index is 13.7. The molecule has 1 N–H and O–H groups in total. The molecule has 8 heteroatoms. The summed E-state index contributed by atoms with van der Waals surface area (Å²) in [6.45, 7) is 4.51. The average Bonchev–Trinajstić information content (AvgIpc) is 3.16. The highest BCUT2D eigenvalue weighted by molar-refractivity contribution is 7.22. The number of para-hydroxylation sites is 1. The van der Waals surface area contributed by atoms with E-state index >= 15 is 0 Å². The predicted octanol–water partition coefficient (Wildman–Crippen LogP) is 4.11. The number of rotatable bonds is 3. The largest absolute Gasteiger partial charge is 0.494 e. The fourth-order valence-electron chi connectivity index (χ4n) is 3.26. The molecule has 6 nitrogen and oxygen atoms in total. The zero-order valence-electron chi connectivity index (χ0n) is 15.7. The first-order valence-electron chi connectivity index (χ1n) is 9.06. The molecule has 3 aromatic rings. The second kappa shape index (κ2) is 7.63. The van der Waals surface area contributed by atoms with Gasteiger partial charge in [0, 0.05) is 26.2 Å². The van der Waals surface area contributed by atoms with Crippen LogP contribution in [-0.4, -0.2) is 49.2 Å². The van der Waals surface area contributed by atoms with Gasteiger partial charge in [-0.3, -0.25) is 0 Å². The molecule has 0 spiro atoms. The lowest BCUT2D eigenvalue weighted by atomic mass is 10.2. The Morgan fingerprint density at radius 1 is 1.18 bits per heavy atom. The Balaban J connectivity index is 1.44. The summed E-state index contributed by atoms with van der Waals surface area (Å²) in [4.78, 5) is 21.1. The number of aromatic nitrogens is 1. The number of amides is 2. The fourth-order valence-corrected chi connectivity index (χ4v) is 4.36. The third kappa shape index (κ3) is 3.47. The molecule has 1 aliphatic heterocycles. The molecule has 2 amide bonds. The summed E-state index contributed by atoms with van der Waals surface area (Å²) in [5.74, 6) is 0.333. The van der Waals surface area contributed by atoms with Crippen molar-refractivity contribution in [2.75, 3.05) is 43.5 Å². The highest BCUT2D eigenvalue weighted by Crippen LogP contribution is 2.36. The average molecular weight is 400 g/mol. The van der Waals surface area contributed by atoms with Crippen LogP contribution in [0.25, 0.3) is 10.2 Å². The second-order valence-electron chi connectivity index (χ2n) is 6.64. The Hall–Kier alpha value is -2.87. The van der Waals surface area contributed by atoms with E-state index in [9.17, 15) is 9.18 Å². The van der Waals surface area contributed by atoms with E-state index in [1.165, 1.54) is 11.6 Å². The number of piperazine rings is 1. The summed E-state index contributed by atoms with van der Waals surface area (Å²) in [7, 11) is 1.65. The Bertz CT molecular complexity index is 1010. The van der Waals surface area contributed by atoms with Crippen LogP contribution in [0.1, 0.15) is 5.56 Å². The predicted molar refractivity (Wildman–Crippen MR) is 110 cm³/mol. The smallest absolute Gasteiger partial charge is 0.322 e. The van der Waals surface area contributed by atoms with E-state index < -0.39 is 5.82 Å². The van der Waals surface area contributed by atoms with Gasteiger partial charge < -0.3 is 19.9 Å². The van der Waals surface area contributed by atoms with Gasteiger partial charge in [-0.05, 0) is 30.7 Å². The molecule has 0 atom stereocenters. The molecule has 146 valence electrons.